The molecule has 30 heavy (non-hydrogen) atoms. The van der Waals surface area contributed by atoms with Gasteiger partial charge in [0.15, 0.2) is 11.5 Å². The van der Waals surface area contributed by atoms with Crippen LogP contribution < -0.4 is 19.1 Å². The number of ether oxygens (including phenoxy) is 2. The molecule has 158 valence electrons. The molecule has 0 aromatic heterocycles. The molecule has 10 heteroatoms. The van der Waals surface area contributed by atoms with Gasteiger partial charge in [0.1, 0.15) is 0 Å². The highest BCUT2D eigenvalue weighted by molar-refractivity contribution is 7.94. The maximum Gasteiger partial charge on any atom is 0.253 e. The molecule has 0 bridgehead atoms. The molecule has 0 radical (unpaired) electrons. The van der Waals surface area contributed by atoms with Gasteiger partial charge in [-0.3, -0.25) is 9.59 Å². The summed E-state index contributed by atoms with van der Waals surface area (Å²) in [5.41, 5.74) is -0.0926. The first-order chi connectivity index (χ1) is 14.1. The molecule has 0 atom stereocenters. The second kappa shape index (κ2) is 7.17. The Morgan fingerprint density at radius 3 is 2.60 bits per heavy atom. The molecule has 2 amide bonds. The molecule has 2 aliphatic heterocycles. The highest BCUT2D eigenvalue weighted by atomic mass is 35.5. The van der Waals surface area contributed by atoms with E-state index < -0.39 is 27.3 Å². The lowest BCUT2D eigenvalue weighted by Gasteiger charge is -2.18. The standard InChI is InChI=1S/C20H19ClN2O6S/c1-20(2)10-30(26,27)23(19(20)25)13-4-5-15(21)14(8-13)18(24)22-9-12-3-6-16-17(7-12)29-11-28-16/h3-8H,9-11H2,1-2H3,(H,22,24). The van der Waals surface area contributed by atoms with Crippen molar-refractivity contribution < 1.29 is 27.5 Å². The number of benzene rings is 2. The lowest BCUT2D eigenvalue weighted by Crippen LogP contribution is -2.33. The second-order valence-electron chi connectivity index (χ2n) is 7.74. The zero-order valence-corrected chi connectivity index (χ0v) is 17.8. The normalized spacial score (nSPS) is 18.5. The van der Waals surface area contributed by atoms with Gasteiger partial charge in [0.05, 0.1) is 27.4 Å². The zero-order chi connectivity index (χ0) is 21.7. The van der Waals surface area contributed by atoms with Gasteiger partial charge in [0.25, 0.3) is 5.91 Å². The van der Waals surface area contributed by atoms with Crippen LogP contribution in [0.3, 0.4) is 0 Å². The molecule has 2 heterocycles. The number of halogens is 1. The zero-order valence-electron chi connectivity index (χ0n) is 16.3. The molecular weight excluding hydrogens is 432 g/mol. The first-order valence-electron chi connectivity index (χ1n) is 9.12. The number of nitrogens with one attached hydrogen (secondary N) is 1. The summed E-state index contributed by atoms with van der Waals surface area (Å²) in [7, 11) is -3.83. The van der Waals surface area contributed by atoms with E-state index in [1.807, 2.05) is 0 Å². The first kappa shape index (κ1) is 20.5. The van der Waals surface area contributed by atoms with Crippen molar-refractivity contribution in [2.24, 2.45) is 5.41 Å². The highest BCUT2D eigenvalue weighted by Crippen LogP contribution is 2.37. The van der Waals surface area contributed by atoms with E-state index in [-0.39, 0.29) is 35.4 Å². The Bertz CT molecular complexity index is 1160. The summed E-state index contributed by atoms with van der Waals surface area (Å²) in [4.78, 5) is 25.3. The minimum Gasteiger partial charge on any atom is -0.454 e. The van der Waals surface area contributed by atoms with Gasteiger partial charge in [0.2, 0.25) is 22.7 Å². The average molecular weight is 451 g/mol. The van der Waals surface area contributed by atoms with Gasteiger partial charge in [-0.1, -0.05) is 17.7 Å². The quantitative estimate of drug-likeness (QED) is 0.768. The molecule has 0 aliphatic carbocycles. The fraction of sp³-hybridized carbons (Fsp3) is 0.300. The third-order valence-corrected chi connectivity index (χ3v) is 7.25. The van der Waals surface area contributed by atoms with Crippen LogP contribution in [0.1, 0.15) is 29.8 Å². The number of anilines is 1. The van der Waals surface area contributed by atoms with Crippen LogP contribution in [-0.2, 0) is 21.4 Å². The summed E-state index contributed by atoms with van der Waals surface area (Å²) in [6, 6.07) is 9.44. The average Bonchev–Trinajstić information content (AvgIpc) is 3.19. The SMILES string of the molecule is CC1(C)CS(=O)(=O)N(c2ccc(Cl)c(C(=O)NCc3ccc4c(c3)OCO4)c2)C1=O. The lowest BCUT2D eigenvalue weighted by atomic mass is 9.95. The largest absolute Gasteiger partial charge is 0.454 e. The van der Waals surface area contributed by atoms with Crippen LogP contribution in [0.4, 0.5) is 5.69 Å². The van der Waals surface area contributed by atoms with E-state index >= 15 is 0 Å². The topological polar surface area (TPSA) is 102 Å². The van der Waals surface area contributed by atoms with E-state index in [0.717, 1.165) is 9.87 Å². The Morgan fingerprint density at radius 2 is 1.90 bits per heavy atom. The predicted octanol–water partition coefficient (Wildman–Crippen LogP) is 2.70. The van der Waals surface area contributed by atoms with Crippen LogP contribution in [0.25, 0.3) is 0 Å². The number of carbonyl (C=O) groups is 2. The molecule has 2 aromatic rings. The Labute approximate surface area is 178 Å². The number of nitrogens with zero attached hydrogens (tertiary/aromatic N) is 1. The van der Waals surface area contributed by atoms with Gasteiger partial charge >= 0.3 is 0 Å². The Kier molecular flexibility index (Phi) is 4.90. The van der Waals surface area contributed by atoms with Gasteiger partial charge in [-0.25, -0.2) is 12.7 Å². The van der Waals surface area contributed by atoms with Gasteiger partial charge in [-0.2, -0.15) is 0 Å². The molecule has 0 saturated carbocycles. The van der Waals surface area contributed by atoms with E-state index in [4.69, 9.17) is 21.1 Å². The number of hydrogen-bond acceptors (Lipinski definition) is 6. The van der Waals surface area contributed by atoms with Crippen molar-refractivity contribution in [1.82, 2.24) is 5.32 Å². The van der Waals surface area contributed by atoms with Gasteiger partial charge in [-0.15, -0.1) is 0 Å². The fourth-order valence-electron chi connectivity index (χ4n) is 3.40. The van der Waals surface area contributed by atoms with Crippen molar-refractivity contribution in [3.05, 3.63) is 52.5 Å². The summed E-state index contributed by atoms with van der Waals surface area (Å²) >= 11 is 6.17. The Morgan fingerprint density at radius 1 is 1.17 bits per heavy atom. The van der Waals surface area contributed by atoms with Crippen LogP contribution in [0.2, 0.25) is 5.02 Å². The van der Waals surface area contributed by atoms with E-state index in [1.165, 1.54) is 18.2 Å². The van der Waals surface area contributed by atoms with Crippen molar-refractivity contribution in [3.63, 3.8) is 0 Å². The Balaban J connectivity index is 1.56. The Hall–Kier alpha value is -2.78. The van der Waals surface area contributed by atoms with Crippen LogP contribution in [0, 0.1) is 5.41 Å². The van der Waals surface area contributed by atoms with Gasteiger partial charge in [0, 0.05) is 6.54 Å². The lowest BCUT2D eigenvalue weighted by molar-refractivity contribution is -0.123. The third-order valence-electron chi connectivity index (χ3n) is 4.90. The van der Waals surface area contributed by atoms with E-state index in [0.29, 0.717) is 11.5 Å². The van der Waals surface area contributed by atoms with Gasteiger partial charge in [-0.05, 0) is 49.7 Å². The maximum atomic E-state index is 12.7. The summed E-state index contributed by atoms with van der Waals surface area (Å²) in [6.07, 6.45) is 0. The molecule has 1 fully saturated rings. The maximum absolute atomic E-state index is 12.7. The molecule has 1 N–H and O–H groups in total. The highest BCUT2D eigenvalue weighted by Gasteiger charge is 2.50. The van der Waals surface area contributed by atoms with E-state index in [2.05, 4.69) is 5.32 Å². The van der Waals surface area contributed by atoms with Crippen LogP contribution in [-0.4, -0.2) is 32.8 Å². The van der Waals surface area contributed by atoms with Crippen molar-refractivity contribution in [2.45, 2.75) is 20.4 Å². The number of fused-ring (bicyclic) bond motifs is 1. The third kappa shape index (κ3) is 3.59. The molecule has 2 aromatic carbocycles. The van der Waals surface area contributed by atoms with Crippen molar-refractivity contribution in [3.8, 4) is 11.5 Å². The first-order valence-corrected chi connectivity index (χ1v) is 11.1. The monoisotopic (exact) mass is 450 g/mol. The van der Waals surface area contributed by atoms with Crippen LogP contribution >= 0.6 is 11.6 Å². The predicted molar refractivity (Wildman–Crippen MR) is 110 cm³/mol. The number of amides is 2. The number of carbonyl (C=O) groups excluding carboxylic acids is 2. The number of hydrogen-bond donors (Lipinski definition) is 1. The minimum atomic E-state index is -3.83. The smallest absolute Gasteiger partial charge is 0.253 e. The molecule has 1 saturated heterocycles. The van der Waals surface area contributed by atoms with Crippen LogP contribution in [0.5, 0.6) is 11.5 Å². The molecular formula is C20H19ClN2O6S. The molecule has 2 aliphatic rings. The number of sulfonamides is 1. The summed E-state index contributed by atoms with van der Waals surface area (Å²) < 4.78 is 36.3. The molecule has 0 unspecified atom stereocenters. The van der Waals surface area contributed by atoms with Crippen LogP contribution in [0.15, 0.2) is 36.4 Å². The fourth-order valence-corrected chi connectivity index (χ4v) is 5.71. The van der Waals surface area contributed by atoms with E-state index in [1.54, 1.807) is 32.0 Å². The molecule has 4 rings (SSSR count). The number of rotatable bonds is 4. The van der Waals surface area contributed by atoms with E-state index in [9.17, 15) is 18.0 Å². The van der Waals surface area contributed by atoms with Gasteiger partial charge < -0.3 is 14.8 Å². The summed E-state index contributed by atoms with van der Waals surface area (Å²) in [6.45, 7) is 3.50. The summed E-state index contributed by atoms with van der Waals surface area (Å²) in [5, 5.41) is 2.88. The molecule has 8 nitrogen and oxygen atoms in total. The minimum absolute atomic E-state index is 0.0719. The van der Waals surface area contributed by atoms with Crippen molar-refractivity contribution in [2.75, 3.05) is 16.9 Å². The van der Waals surface area contributed by atoms with Crippen molar-refractivity contribution in [1.29, 1.82) is 0 Å². The summed E-state index contributed by atoms with van der Waals surface area (Å²) in [5.74, 6) is -0.102. The molecule has 0 spiro atoms. The second-order valence-corrected chi connectivity index (χ2v) is 9.97. The van der Waals surface area contributed by atoms with Crippen molar-refractivity contribution >= 4 is 39.1 Å².